The summed E-state index contributed by atoms with van der Waals surface area (Å²) in [5, 5.41) is 12.8. The van der Waals surface area contributed by atoms with Gasteiger partial charge in [0.2, 0.25) is 5.75 Å². The van der Waals surface area contributed by atoms with E-state index in [2.05, 4.69) is 0 Å². The monoisotopic (exact) mass is 452 g/mol. The Labute approximate surface area is 190 Å². The summed E-state index contributed by atoms with van der Waals surface area (Å²) in [7, 11) is 3.17. The Morgan fingerprint density at radius 3 is 2.50 bits per heavy atom. The van der Waals surface area contributed by atoms with Crippen LogP contribution in [0.2, 0.25) is 0 Å². The maximum absolute atomic E-state index is 12.7. The van der Waals surface area contributed by atoms with E-state index in [1.54, 1.807) is 14.2 Å². The molecule has 2 heterocycles. The fraction of sp³-hybridized carbons (Fsp3) is 0.320. The van der Waals surface area contributed by atoms with Gasteiger partial charge >= 0.3 is 5.97 Å². The molecule has 0 unspecified atom stereocenters. The molecule has 5 rings (SSSR count). The number of carbonyl (C=O) groups is 1. The van der Waals surface area contributed by atoms with Crippen molar-refractivity contribution in [2.75, 3.05) is 20.8 Å². The van der Waals surface area contributed by atoms with Gasteiger partial charge in [0, 0.05) is 16.7 Å². The highest BCUT2D eigenvalue weighted by Gasteiger charge is 2.52. The SMILES string of the molecule is COc1cc([C@@H]2c3ccsc3[C@@H](O)[C@H]3COC(=O)[C@@H]23)cc(OC)c1OCc1ccccc1. The number of rotatable bonds is 6. The second-order valence-corrected chi connectivity index (χ2v) is 8.96. The Kier molecular flexibility index (Phi) is 5.53. The average Bonchev–Trinajstić information content (AvgIpc) is 3.46. The number of aliphatic hydroxyl groups is 1. The van der Waals surface area contributed by atoms with Crippen molar-refractivity contribution in [2.45, 2.75) is 18.6 Å². The largest absolute Gasteiger partial charge is 0.493 e. The molecule has 4 atom stereocenters. The maximum atomic E-state index is 12.7. The van der Waals surface area contributed by atoms with E-state index in [0.717, 1.165) is 21.6 Å². The van der Waals surface area contributed by atoms with Gasteiger partial charge in [0.25, 0.3) is 0 Å². The summed E-state index contributed by atoms with van der Waals surface area (Å²) in [6.45, 7) is 0.597. The lowest BCUT2D eigenvalue weighted by atomic mass is 9.69. The number of benzene rings is 2. The molecule has 1 fully saturated rings. The number of hydrogen-bond donors (Lipinski definition) is 1. The number of methoxy groups -OCH3 is 2. The summed E-state index contributed by atoms with van der Waals surface area (Å²) in [6, 6.07) is 15.6. The average molecular weight is 453 g/mol. The van der Waals surface area contributed by atoms with Crippen LogP contribution < -0.4 is 14.2 Å². The standard InChI is InChI=1S/C25H24O6S/c1-28-18-10-15(11-19(29-2)23(18)30-12-14-6-4-3-5-7-14)20-16-8-9-32-24(16)22(26)17-13-31-25(27)21(17)20/h3-11,17,20-22,26H,12-13H2,1-2H3/t17-,20+,21+,22-/m0/s1. The molecule has 1 aliphatic carbocycles. The molecule has 0 bridgehead atoms. The van der Waals surface area contributed by atoms with Crippen molar-refractivity contribution >= 4 is 17.3 Å². The molecule has 6 nitrogen and oxygen atoms in total. The molecule has 2 aromatic carbocycles. The Bertz CT molecular complexity index is 1100. The quantitative estimate of drug-likeness (QED) is 0.562. The fourth-order valence-electron chi connectivity index (χ4n) is 4.78. The van der Waals surface area contributed by atoms with Gasteiger partial charge in [-0.15, -0.1) is 11.3 Å². The second-order valence-electron chi connectivity index (χ2n) is 8.01. The van der Waals surface area contributed by atoms with E-state index in [-0.39, 0.29) is 24.4 Å². The Morgan fingerprint density at radius 2 is 1.81 bits per heavy atom. The fourth-order valence-corrected chi connectivity index (χ4v) is 5.79. The van der Waals surface area contributed by atoms with Crippen LogP contribution in [0.4, 0.5) is 0 Å². The maximum Gasteiger partial charge on any atom is 0.310 e. The van der Waals surface area contributed by atoms with Crippen LogP contribution in [0.5, 0.6) is 17.2 Å². The second kappa shape index (κ2) is 8.48. The van der Waals surface area contributed by atoms with Gasteiger partial charge in [-0.1, -0.05) is 30.3 Å². The third-order valence-corrected chi connectivity index (χ3v) is 7.32. The molecule has 1 aromatic heterocycles. The molecule has 32 heavy (non-hydrogen) atoms. The number of aliphatic hydroxyl groups excluding tert-OH is 1. The van der Waals surface area contributed by atoms with Gasteiger partial charge in [-0.25, -0.2) is 0 Å². The van der Waals surface area contributed by atoms with E-state index in [0.29, 0.717) is 23.9 Å². The van der Waals surface area contributed by atoms with Crippen molar-refractivity contribution in [1.82, 2.24) is 0 Å². The third-order valence-electron chi connectivity index (χ3n) is 6.32. The number of thiophene rings is 1. The Balaban J connectivity index is 1.56. The van der Waals surface area contributed by atoms with Gasteiger partial charge in [-0.3, -0.25) is 4.79 Å². The van der Waals surface area contributed by atoms with Crippen LogP contribution in [0.15, 0.2) is 53.9 Å². The van der Waals surface area contributed by atoms with Crippen LogP contribution in [0.25, 0.3) is 0 Å². The van der Waals surface area contributed by atoms with E-state index in [1.165, 1.54) is 11.3 Å². The first-order valence-electron chi connectivity index (χ1n) is 10.5. The number of hydrogen-bond acceptors (Lipinski definition) is 7. The van der Waals surface area contributed by atoms with E-state index in [4.69, 9.17) is 18.9 Å². The minimum atomic E-state index is -0.699. The highest BCUT2D eigenvalue weighted by atomic mass is 32.1. The number of cyclic esters (lactones) is 1. The van der Waals surface area contributed by atoms with Crippen LogP contribution in [-0.2, 0) is 16.1 Å². The van der Waals surface area contributed by atoms with Gasteiger partial charge in [0.15, 0.2) is 11.5 Å². The van der Waals surface area contributed by atoms with Crippen LogP contribution in [0.1, 0.15) is 33.6 Å². The number of fused-ring (bicyclic) bond motifs is 2. The van der Waals surface area contributed by atoms with Crippen molar-refractivity contribution in [1.29, 1.82) is 0 Å². The van der Waals surface area contributed by atoms with E-state index >= 15 is 0 Å². The van der Waals surface area contributed by atoms with Crippen LogP contribution in [0, 0.1) is 11.8 Å². The number of carbonyl (C=O) groups excluding carboxylic acids is 1. The Morgan fingerprint density at radius 1 is 1.09 bits per heavy atom. The lowest BCUT2D eigenvalue weighted by Gasteiger charge is -2.34. The molecule has 7 heteroatoms. The van der Waals surface area contributed by atoms with Gasteiger partial charge in [0.05, 0.1) is 32.8 Å². The molecule has 0 spiro atoms. The first-order chi connectivity index (χ1) is 15.6. The molecule has 166 valence electrons. The Hall–Kier alpha value is -3.03. The highest BCUT2D eigenvalue weighted by molar-refractivity contribution is 7.10. The molecule has 3 aromatic rings. The summed E-state index contributed by atoms with van der Waals surface area (Å²) in [5.74, 6) is 0.294. The van der Waals surface area contributed by atoms with Crippen molar-refractivity contribution < 1.29 is 28.8 Å². The zero-order chi connectivity index (χ0) is 22.2. The zero-order valence-corrected chi connectivity index (χ0v) is 18.6. The minimum Gasteiger partial charge on any atom is -0.493 e. The van der Waals surface area contributed by atoms with E-state index < -0.39 is 12.0 Å². The summed E-state index contributed by atoms with van der Waals surface area (Å²) < 4.78 is 22.8. The molecular formula is C25H24O6S. The smallest absolute Gasteiger partial charge is 0.310 e. The van der Waals surface area contributed by atoms with E-state index in [9.17, 15) is 9.90 Å². The van der Waals surface area contributed by atoms with Crippen molar-refractivity contribution in [3.05, 3.63) is 75.5 Å². The molecular weight excluding hydrogens is 428 g/mol. The lowest BCUT2D eigenvalue weighted by Crippen LogP contribution is -2.33. The minimum absolute atomic E-state index is 0.227. The molecule has 0 amide bonds. The lowest BCUT2D eigenvalue weighted by molar-refractivity contribution is -0.141. The molecule has 0 radical (unpaired) electrons. The first-order valence-corrected chi connectivity index (χ1v) is 11.3. The van der Waals surface area contributed by atoms with Crippen molar-refractivity contribution in [2.24, 2.45) is 11.8 Å². The van der Waals surface area contributed by atoms with Gasteiger partial charge in [-0.2, -0.15) is 0 Å². The number of ether oxygens (including phenoxy) is 4. The van der Waals surface area contributed by atoms with Crippen LogP contribution in [0.3, 0.4) is 0 Å². The van der Waals surface area contributed by atoms with Crippen molar-refractivity contribution in [3.8, 4) is 17.2 Å². The topological polar surface area (TPSA) is 74.2 Å². The number of esters is 1. The van der Waals surface area contributed by atoms with Crippen molar-refractivity contribution in [3.63, 3.8) is 0 Å². The summed E-state index contributed by atoms with van der Waals surface area (Å²) >= 11 is 1.51. The first kappa shape index (κ1) is 20.8. The van der Waals surface area contributed by atoms with E-state index in [1.807, 2.05) is 53.9 Å². The highest BCUT2D eigenvalue weighted by Crippen LogP contribution is 2.54. The molecule has 1 N–H and O–H groups in total. The summed E-state index contributed by atoms with van der Waals surface area (Å²) in [4.78, 5) is 13.6. The van der Waals surface area contributed by atoms with Gasteiger partial charge < -0.3 is 24.1 Å². The van der Waals surface area contributed by atoms with Gasteiger partial charge in [-0.05, 0) is 40.3 Å². The molecule has 2 aliphatic rings. The summed E-state index contributed by atoms with van der Waals surface area (Å²) in [6.07, 6.45) is -0.699. The third kappa shape index (κ3) is 3.42. The predicted octanol–water partition coefficient (Wildman–Crippen LogP) is 4.31. The normalized spacial score (nSPS) is 23.8. The molecule has 1 saturated heterocycles. The molecule has 0 saturated carbocycles. The van der Waals surface area contributed by atoms with Crippen LogP contribution in [-0.4, -0.2) is 31.9 Å². The summed E-state index contributed by atoms with van der Waals surface area (Å²) in [5.41, 5.74) is 2.84. The predicted molar refractivity (Wildman–Crippen MR) is 119 cm³/mol. The molecule has 1 aliphatic heterocycles. The van der Waals surface area contributed by atoms with Gasteiger partial charge in [0.1, 0.15) is 6.61 Å². The van der Waals surface area contributed by atoms with Crippen LogP contribution >= 0.6 is 11.3 Å². The zero-order valence-electron chi connectivity index (χ0n) is 17.8.